The fourth-order valence-electron chi connectivity index (χ4n) is 2.44. The molecule has 134 valence electrons. The van der Waals surface area contributed by atoms with Crippen LogP contribution in [0.2, 0.25) is 0 Å². The number of fused-ring (bicyclic) bond motifs is 1. The van der Waals surface area contributed by atoms with E-state index < -0.39 is 11.9 Å². The van der Waals surface area contributed by atoms with Crippen molar-refractivity contribution in [2.75, 3.05) is 11.9 Å². The zero-order valence-corrected chi connectivity index (χ0v) is 15.6. The molecule has 0 aliphatic heterocycles. The fraction of sp³-hybridized carbons (Fsp3) is 0.263. The highest BCUT2D eigenvalue weighted by molar-refractivity contribution is 7.13. The third-order valence-electron chi connectivity index (χ3n) is 3.75. The van der Waals surface area contributed by atoms with Crippen LogP contribution in [0.15, 0.2) is 35.7 Å². The zero-order valence-electron chi connectivity index (χ0n) is 14.8. The average Bonchev–Trinajstić information content (AvgIpc) is 3.03. The quantitative estimate of drug-likeness (QED) is 0.690. The number of esters is 1. The topological polar surface area (TPSA) is 81.2 Å². The molecule has 1 aromatic carbocycles. The molecule has 26 heavy (non-hydrogen) atoms. The van der Waals surface area contributed by atoms with E-state index in [2.05, 4.69) is 15.3 Å². The molecule has 0 saturated carbocycles. The van der Waals surface area contributed by atoms with Gasteiger partial charge in [0, 0.05) is 16.5 Å². The van der Waals surface area contributed by atoms with Gasteiger partial charge < -0.3 is 4.74 Å². The third-order valence-corrected chi connectivity index (χ3v) is 4.62. The summed E-state index contributed by atoms with van der Waals surface area (Å²) in [4.78, 5) is 33.2. The number of carbonyl (C=O) groups is 2. The highest BCUT2D eigenvalue weighted by Crippen LogP contribution is 2.23. The van der Waals surface area contributed by atoms with Gasteiger partial charge in [-0.15, -0.1) is 11.3 Å². The Labute approximate surface area is 155 Å². The fourth-order valence-corrected chi connectivity index (χ4v) is 3.14. The summed E-state index contributed by atoms with van der Waals surface area (Å²) >= 11 is 1.32. The number of para-hydroxylation sites is 1. The monoisotopic (exact) mass is 369 g/mol. The molecule has 0 atom stereocenters. The van der Waals surface area contributed by atoms with Gasteiger partial charge in [-0.1, -0.05) is 32.0 Å². The number of anilines is 1. The van der Waals surface area contributed by atoms with Gasteiger partial charge in [-0.25, -0.2) is 9.78 Å². The number of pyridine rings is 1. The summed E-state index contributed by atoms with van der Waals surface area (Å²) in [5, 5.41) is 5.64. The molecule has 0 aliphatic rings. The highest BCUT2D eigenvalue weighted by atomic mass is 32.1. The minimum Gasteiger partial charge on any atom is -0.452 e. The molecular weight excluding hydrogens is 350 g/mol. The van der Waals surface area contributed by atoms with Gasteiger partial charge in [-0.2, -0.15) is 0 Å². The van der Waals surface area contributed by atoms with E-state index in [0.717, 1.165) is 16.9 Å². The first kappa shape index (κ1) is 18.0. The van der Waals surface area contributed by atoms with Crippen LogP contribution in [-0.4, -0.2) is 28.5 Å². The van der Waals surface area contributed by atoms with Crippen molar-refractivity contribution >= 4 is 39.2 Å². The van der Waals surface area contributed by atoms with Crippen molar-refractivity contribution in [3.05, 3.63) is 52.7 Å². The van der Waals surface area contributed by atoms with Crippen molar-refractivity contribution in [3.63, 3.8) is 0 Å². The van der Waals surface area contributed by atoms with Gasteiger partial charge in [0.2, 0.25) is 0 Å². The number of aryl methyl sites for hydroxylation is 1. The van der Waals surface area contributed by atoms with E-state index in [9.17, 15) is 9.59 Å². The molecule has 2 aromatic heterocycles. The molecular formula is C19H19N3O3S. The van der Waals surface area contributed by atoms with Crippen LogP contribution in [0.5, 0.6) is 0 Å². The van der Waals surface area contributed by atoms with Gasteiger partial charge in [0.15, 0.2) is 11.7 Å². The number of amides is 1. The lowest BCUT2D eigenvalue weighted by Gasteiger charge is -2.11. The Balaban J connectivity index is 1.75. The number of hydrogen-bond acceptors (Lipinski definition) is 6. The van der Waals surface area contributed by atoms with Crippen molar-refractivity contribution in [2.45, 2.75) is 26.7 Å². The number of carbonyl (C=O) groups excluding carboxylic acids is 2. The van der Waals surface area contributed by atoms with Crippen molar-refractivity contribution in [1.82, 2.24) is 9.97 Å². The summed E-state index contributed by atoms with van der Waals surface area (Å²) in [7, 11) is 0. The molecule has 6 nitrogen and oxygen atoms in total. The number of rotatable bonds is 5. The van der Waals surface area contributed by atoms with Gasteiger partial charge in [-0.3, -0.25) is 15.1 Å². The average molecular weight is 369 g/mol. The summed E-state index contributed by atoms with van der Waals surface area (Å²) < 4.78 is 5.21. The van der Waals surface area contributed by atoms with Gasteiger partial charge >= 0.3 is 5.97 Å². The van der Waals surface area contributed by atoms with Crippen LogP contribution in [0.3, 0.4) is 0 Å². The standard InChI is InChI=1S/C19H19N3O3S/c1-11(2)16-8-14(13-6-4-5-7-15(13)21-16)18(24)25-9-17(23)22-19-20-12(3)10-26-19/h4-8,10-11H,9H2,1-3H3,(H,20,22,23). The summed E-state index contributed by atoms with van der Waals surface area (Å²) in [6.45, 7) is 5.49. The minimum atomic E-state index is -0.545. The molecule has 1 N–H and O–H groups in total. The van der Waals surface area contributed by atoms with Crippen molar-refractivity contribution in [1.29, 1.82) is 0 Å². The number of nitrogens with one attached hydrogen (secondary N) is 1. The summed E-state index contributed by atoms with van der Waals surface area (Å²) in [6.07, 6.45) is 0. The van der Waals surface area contributed by atoms with Crippen molar-refractivity contribution in [2.24, 2.45) is 0 Å². The molecule has 3 rings (SSSR count). The number of aromatic nitrogens is 2. The van der Waals surface area contributed by atoms with Crippen LogP contribution in [0.25, 0.3) is 10.9 Å². The van der Waals surface area contributed by atoms with Gasteiger partial charge in [0.25, 0.3) is 5.91 Å². The van der Waals surface area contributed by atoms with E-state index in [1.807, 2.05) is 50.4 Å². The number of ether oxygens (including phenoxy) is 1. The normalized spacial score (nSPS) is 10.9. The van der Waals surface area contributed by atoms with E-state index in [0.29, 0.717) is 16.1 Å². The second kappa shape index (κ2) is 7.61. The molecule has 0 fully saturated rings. The van der Waals surface area contributed by atoms with E-state index in [-0.39, 0.29) is 12.5 Å². The molecule has 0 aliphatic carbocycles. The molecule has 2 heterocycles. The Morgan fingerprint density at radius 2 is 2.00 bits per heavy atom. The lowest BCUT2D eigenvalue weighted by molar-refractivity contribution is -0.119. The Morgan fingerprint density at radius 3 is 2.69 bits per heavy atom. The predicted molar refractivity (Wildman–Crippen MR) is 102 cm³/mol. The number of thiazole rings is 1. The molecule has 0 spiro atoms. The molecule has 1 amide bonds. The maximum absolute atomic E-state index is 12.6. The first-order valence-corrected chi connectivity index (χ1v) is 9.11. The Bertz CT molecular complexity index is 966. The number of nitrogens with zero attached hydrogens (tertiary/aromatic N) is 2. The Hall–Kier alpha value is -2.80. The highest BCUT2D eigenvalue weighted by Gasteiger charge is 2.17. The molecule has 0 radical (unpaired) electrons. The number of hydrogen-bond donors (Lipinski definition) is 1. The smallest absolute Gasteiger partial charge is 0.339 e. The predicted octanol–water partition coefficient (Wildman–Crippen LogP) is 3.92. The third kappa shape index (κ3) is 4.05. The maximum Gasteiger partial charge on any atom is 0.339 e. The van der Waals surface area contributed by atoms with E-state index in [1.165, 1.54) is 11.3 Å². The first-order chi connectivity index (χ1) is 12.4. The largest absolute Gasteiger partial charge is 0.452 e. The summed E-state index contributed by atoms with van der Waals surface area (Å²) in [5.41, 5.74) is 2.77. The summed E-state index contributed by atoms with van der Waals surface area (Å²) in [6, 6.07) is 9.12. The van der Waals surface area contributed by atoms with Crippen LogP contribution >= 0.6 is 11.3 Å². The van der Waals surface area contributed by atoms with Gasteiger partial charge in [0.1, 0.15) is 0 Å². The lowest BCUT2D eigenvalue weighted by Crippen LogP contribution is -2.21. The van der Waals surface area contributed by atoms with Gasteiger partial charge in [-0.05, 0) is 25.0 Å². The molecule has 0 saturated heterocycles. The minimum absolute atomic E-state index is 0.169. The van der Waals surface area contributed by atoms with Crippen molar-refractivity contribution < 1.29 is 14.3 Å². The van der Waals surface area contributed by atoms with Crippen molar-refractivity contribution in [3.8, 4) is 0 Å². The molecule has 0 unspecified atom stereocenters. The number of benzene rings is 1. The Kier molecular flexibility index (Phi) is 5.27. The molecule has 0 bridgehead atoms. The van der Waals surface area contributed by atoms with Gasteiger partial charge in [0.05, 0.1) is 16.8 Å². The second-order valence-electron chi connectivity index (χ2n) is 6.18. The zero-order chi connectivity index (χ0) is 18.7. The van der Waals surface area contributed by atoms with Crippen LogP contribution in [-0.2, 0) is 9.53 Å². The van der Waals surface area contributed by atoms with E-state index in [1.54, 1.807) is 6.07 Å². The SMILES string of the molecule is Cc1csc(NC(=O)COC(=O)c2cc(C(C)C)nc3ccccc23)n1. The summed E-state index contributed by atoms with van der Waals surface area (Å²) in [5.74, 6) is -0.797. The lowest BCUT2D eigenvalue weighted by atomic mass is 10.0. The maximum atomic E-state index is 12.6. The molecule has 3 aromatic rings. The first-order valence-electron chi connectivity index (χ1n) is 8.23. The van der Waals surface area contributed by atoms with Crippen LogP contribution in [0, 0.1) is 6.92 Å². The van der Waals surface area contributed by atoms with E-state index >= 15 is 0 Å². The van der Waals surface area contributed by atoms with Crippen LogP contribution in [0.1, 0.15) is 41.5 Å². The van der Waals surface area contributed by atoms with Crippen LogP contribution < -0.4 is 5.32 Å². The van der Waals surface area contributed by atoms with E-state index in [4.69, 9.17) is 4.74 Å². The second-order valence-corrected chi connectivity index (χ2v) is 7.04. The molecule has 7 heteroatoms. The Morgan fingerprint density at radius 1 is 1.23 bits per heavy atom. The van der Waals surface area contributed by atoms with Crippen LogP contribution in [0.4, 0.5) is 5.13 Å².